The van der Waals surface area contributed by atoms with Crippen LogP contribution in [0.4, 0.5) is 8.78 Å². The fourth-order valence-corrected chi connectivity index (χ4v) is 4.99. The van der Waals surface area contributed by atoms with Gasteiger partial charge in [-0.1, -0.05) is 31.1 Å². The van der Waals surface area contributed by atoms with Gasteiger partial charge in [-0.25, -0.2) is 8.78 Å². The van der Waals surface area contributed by atoms with Crippen LogP contribution in [0.3, 0.4) is 0 Å². The summed E-state index contributed by atoms with van der Waals surface area (Å²) in [4.78, 5) is 28.8. The van der Waals surface area contributed by atoms with Gasteiger partial charge in [-0.15, -0.1) is 0 Å². The second kappa shape index (κ2) is 17.2. The molecule has 4 N–H and O–H groups in total. The number of aliphatic hydroxyl groups is 1. The van der Waals surface area contributed by atoms with Crippen LogP contribution in [-0.2, 0) is 13.0 Å². The first-order chi connectivity index (χ1) is 21.6. The molecule has 2 atom stereocenters. The minimum Gasteiger partial charge on any atom is -0.497 e. The van der Waals surface area contributed by atoms with Crippen LogP contribution in [0.25, 0.3) is 0 Å². The Hall–Kier alpha value is -4.35. The zero-order valence-corrected chi connectivity index (χ0v) is 26.1. The van der Waals surface area contributed by atoms with Gasteiger partial charge in [0.05, 0.1) is 25.0 Å². The van der Waals surface area contributed by atoms with Crippen LogP contribution in [-0.4, -0.2) is 71.6 Å². The smallest absolute Gasteiger partial charge is 0.253 e. The number of hydrogen-bond acceptors (Lipinski definition) is 7. The molecule has 3 aromatic rings. The highest BCUT2D eigenvalue weighted by Gasteiger charge is 2.25. The van der Waals surface area contributed by atoms with Crippen molar-refractivity contribution in [1.29, 1.82) is 0 Å². The summed E-state index contributed by atoms with van der Waals surface area (Å²) in [6.07, 6.45) is 0.260. The van der Waals surface area contributed by atoms with Crippen molar-refractivity contribution in [2.75, 3.05) is 26.7 Å². The van der Waals surface area contributed by atoms with Crippen LogP contribution < -0.4 is 15.4 Å². The molecule has 0 radical (unpaired) electrons. The lowest BCUT2D eigenvalue weighted by Gasteiger charge is -2.26. The number of oxime groups is 1. The van der Waals surface area contributed by atoms with Gasteiger partial charge in [-0.05, 0) is 79.8 Å². The monoisotopic (exact) mass is 624 g/mol. The van der Waals surface area contributed by atoms with E-state index in [0.29, 0.717) is 30.9 Å². The summed E-state index contributed by atoms with van der Waals surface area (Å²) in [6, 6.07) is 14.0. The lowest BCUT2D eigenvalue weighted by atomic mass is 9.98. The summed E-state index contributed by atoms with van der Waals surface area (Å²) in [5.74, 6) is -1.77. The number of amides is 2. The van der Waals surface area contributed by atoms with Crippen LogP contribution in [0.1, 0.15) is 71.0 Å². The Balaban J connectivity index is 1.90. The van der Waals surface area contributed by atoms with E-state index in [1.807, 2.05) is 38.1 Å². The number of ether oxygens (including phenoxy) is 1. The molecule has 0 spiro atoms. The average molecular weight is 625 g/mol. The zero-order chi connectivity index (χ0) is 32.9. The molecule has 0 bridgehead atoms. The fraction of sp³-hybridized carbons (Fsp3) is 0.382. The molecular weight excluding hydrogens is 582 g/mol. The van der Waals surface area contributed by atoms with Gasteiger partial charge in [0, 0.05) is 48.9 Å². The summed E-state index contributed by atoms with van der Waals surface area (Å²) in [5, 5.41) is 29.8. The maximum atomic E-state index is 14.0. The summed E-state index contributed by atoms with van der Waals surface area (Å²) >= 11 is 0. The number of rotatable bonds is 16. The van der Waals surface area contributed by atoms with Crippen molar-refractivity contribution in [3.05, 3.63) is 100 Å². The van der Waals surface area contributed by atoms with E-state index in [9.17, 15) is 28.7 Å². The standard InChI is InChI=1S/C34H42F2N4O5/c1-5-10-40(11-6-2)34(43)27-17-25(22(3)39-44)16-26(18-27)33(42)38-31(15-24-12-28(35)19-29(36)13-24)32(41)21-37-20-23-8-7-9-30(14-23)45-4/h7-9,12-14,16-19,31-32,37,41,44H,5-6,10-11,15,20-21H2,1-4H3,(H,38,42)/b39-22+/t31-,32+/m0/s1. The molecule has 3 aromatic carbocycles. The Labute approximate surface area is 262 Å². The first kappa shape index (κ1) is 35.1. The molecule has 0 aliphatic carbocycles. The van der Waals surface area contributed by atoms with E-state index in [-0.39, 0.29) is 41.3 Å². The Bertz CT molecular complexity index is 1460. The maximum Gasteiger partial charge on any atom is 0.253 e. The predicted octanol–water partition coefficient (Wildman–Crippen LogP) is 4.93. The number of carbonyl (C=O) groups is 2. The number of methoxy groups -OCH3 is 1. The van der Waals surface area contributed by atoms with Gasteiger partial charge in [0.15, 0.2) is 0 Å². The number of nitrogens with zero attached hydrogens (tertiary/aromatic N) is 2. The van der Waals surface area contributed by atoms with E-state index >= 15 is 0 Å². The molecule has 0 saturated heterocycles. The largest absolute Gasteiger partial charge is 0.497 e. The zero-order valence-electron chi connectivity index (χ0n) is 26.1. The summed E-state index contributed by atoms with van der Waals surface area (Å²) < 4.78 is 33.3. The van der Waals surface area contributed by atoms with E-state index in [2.05, 4.69) is 15.8 Å². The van der Waals surface area contributed by atoms with Gasteiger partial charge in [0.1, 0.15) is 17.4 Å². The SMILES string of the molecule is CCCN(CCC)C(=O)c1cc(C(=O)N[C@@H](Cc2cc(F)cc(F)c2)[C@H](O)CNCc2cccc(OC)c2)cc(/C(C)=N/O)c1. The topological polar surface area (TPSA) is 123 Å². The van der Waals surface area contributed by atoms with Gasteiger partial charge >= 0.3 is 0 Å². The molecule has 0 aliphatic rings. The Morgan fingerprint density at radius 3 is 2.20 bits per heavy atom. The average Bonchev–Trinajstić information content (AvgIpc) is 3.02. The van der Waals surface area contributed by atoms with Crippen LogP contribution in [0.2, 0.25) is 0 Å². The molecule has 0 fully saturated rings. The number of hydrogen-bond donors (Lipinski definition) is 4. The van der Waals surface area contributed by atoms with E-state index in [0.717, 1.165) is 36.6 Å². The van der Waals surface area contributed by atoms with Gasteiger partial charge in [0.25, 0.3) is 11.8 Å². The van der Waals surface area contributed by atoms with Gasteiger partial charge < -0.3 is 30.6 Å². The molecule has 9 nitrogen and oxygen atoms in total. The van der Waals surface area contributed by atoms with E-state index < -0.39 is 29.7 Å². The highest BCUT2D eigenvalue weighted by Crippen LogP contribution is 2.18. The molecule has 2 amide bonds. The minimum absolute atomic E-state index is 0.0446. The third-order valence-electron chi connectivity index (χ3n) is 7.26. The predicted molar refractivity (Wildman–Crippen MR) is 169 cm³/mol. The molecule has 242 valence electrons. The van der Waals surface area contributed by atoms with Crippen molar-refractivity contribution >= 4 is 17.5 Å². The van der Waals surface area contributed by atoms with Crippen molar-refractivity contribution in [3.63, 3.8) is 0 Å². The van der Waals surface area contributed by atoms with Crippen molar-refractivity contribution in [1.82, 2.24) is 15.5 Å². The van der Waals surface area contributed by atoms with Crippen LogP contribution >= 0.6 is 0 Å². The molecule has 0 saturated carbocycles. The Kier molecular flexibility index (Phi) is 13.4. The first-order valence-corrected chi connectivity index (χ1v) is 15.0. The second-order valence-electron chi connectivity index (χ2n) is 10.9. The lowest BCUT2D eigenvalue weighted by molar-refractivity contribution is 0.0755. The fourth-order valence-electron chi connectivity index (χ4n) is 4.99. The molecule has 11 heteroatoms. The molecule has 3 rings (SSSR count). The van der Waals surface area contributed by atoms with Gasteiger partial charge in [0.2, 0.25) is 0 Å². The van der Waals surface area contributed by atoms with Crippen molar-refractivity contribution in [2.24, 2.45) is 5.16 Å². The third-order valence-corrected chi connectivity index (χ3v) is 7.26. The molecule has 0 unspecified atom stereocenters. The highest BCUT2D eigenvalue weighted by molar-refractivity contribution is 6.06. The highest BCUT2D eigenvalue weighted by atomic mass is 19.1. The van der Waals surface area contributed by atoms with E-state index in [1.54, 1.807) is 25.0 Å². The molecule has 45 heavy (non-hydrogen) atoms. The van der Waals surface area contributed by atoms with Crippen LogP contribution in [0.5, 0.6) is 5.75 Å². The summed E-state index contributed by atoms with van der Waals surface area (Å²) in [6.45, 7) is 6.98. The number of halogens is 2. The van der Waals surface area contributed by atoms with Crippen LogP contribution in [0, 0.1) is 11.6 Å². The number of benzene rings is 3. The van der Waals surface area contributed by atoms with E-state index in [1.165, 1.54) is 12.1 Å². The summed E-state index contributed by atoms with van der Waals surface area (Å²) in [7, 11) is 1.57. The minimum atomic E-state index is -1.17. The van der Waals surface area contributed by atoms with E-state index in [4.69, 9.17) is 4.74 Å². The molecular formula is C34H42F2N4O5. The third kappa shape index (κ3) is 10.4. The quantitative estimate of drug-likeness (QED) is 0.102. The first-order valence-electron chi connectivity index (χ1n) is 15.0. The molecule has 0 aliphatic heterocycles. The number of nitrogens with one attached hydrogen (secondary N) is 2. The Morgan fingerprint density at radius 1 is 0.933 bits per heavy atom. The number of carbonyl (C=O) groups excluding carboxylic acids is 2. The van der Waals surface area contributed by atoms with Crippen molar-refractivity contribution in [3.8, 4) is 5.75 Å². The van der Waals surface area contributed by atoms with Gasteiger partial charge in [-0.2, -0.15) is 0 Å². The molecule has 0 aromatic heterocycles. The van der Waals surface area contributed by atoms with Gasteiger partial charge in [-0.3, -0.25) is 9.59 Å². The maximum absolute atomic E-state index is 14.0. The van der Waals surface area contributed by atoms with Crippen LogP contribution in [0.15, 0.2) is 65.8 Å². The normalized spacial score (nSPS) is 12.8. The number of aliphatic hydroxyl groups excluding tert-OH is 1. The second-order valence-corrected chi connectivity index (χ2v) is 10.9. The van der Waals surface area contributed by atoms with Crippen molar-refractivity contribution in [2.45, 2.75) is 58.7 Å². The summed E-state index contributed by atoms with van der Waals surface area (Å²) in [5.41, 5.74) is 2.05. The molecule has 0 heterocycles. The van der Waals surface area contributed by atoms with Crippen molar-refractivity contribution < 1.29 is 33.4 Å². The Morgan fingerprint density at radius 2 is 1.58 bits per heavy atom. The lowest BCUT2D eigenvalue weighted by Crippen LogP contribution is -2.48.